The molecule has 0 bridgehead atoms. The van der Waals surface area contributed by atoms with E-state index < -0.39 is 0 Å². The van der Waals surface area contributed by atoms with E-state index in [2.05, 4.69) is 29.0 Å². The van der Waals surface area contributed by atoms with E-state index in [0.29, 0.717) is 25.1 Å². The number of benzene rings is 1. The molecule has 1 aliphatic heterocycles. The third-order valence-electron chi connectivity index (χ3n) is 4.47. The van der Waals surface area contributed by atoms with Gasteiger partial charge in [0.2, 0.25) is 0 Å². The molecule has 0 unspecified atom stereocenters. The number of carbonyl (C=O) groups excluding carboxylic acids is 1. The minimum atomic E-state index is 0.0240. The van der Waals surface area contributed by atoms with Gasteiger partial charge in [0.25, 0.3) is 5.91 Å². The van der Waals surface area contributed by atoms with E-state index in [0.717, 1.165) is 28.6 Å². The van der Waals surface area contributed by atoms with Crippen molar-refractivity contribution >= 4 is 5.91 Å². The molecular weight excluding hydrogens is 316 g/mol. The van der Waals surface area contributed by atoms with Gasteiger partial charge in [0.1, 0.15) is 11.5 Å². The van der Waals surface area contributed by atoms with Crippen molar-refractivity contribution in [3.63, 3.8) is 0 Å². The Morgan fingerprint density at radius 3 is 2.72 bits per heavy atom. The maximum atomic E-state index is 12.8. The summed E-state index contributed by atoms with van der Waals surface area (Å²) in [6, 6.07) is 9.48. The number of fused-ring (bicyclic) bond motifs is 1. The van der Waals surface area contributed by atoms with Crippen molar-refractivity contribution in [3.05, 3.63) is 59.4 Å². The quantitative estimate of drug-likeness (QED) is 0.795. The smallest absolute Gasteiger partial charge is 0.254 e. The monoisotopic (exact) mass is 336 g/mol. The molecule has 4 rings (SSSR count). The molecule has 25 heavy (non-hydrogen) atoms. The standard InChI is InChI=1S/C19H20N4O2/c1-12(2)18-21-16-11-23(10-8-17(16)25-18)19(24)14-5-3-13(4-6-14)15-7-9-20-22-15/h3-7,9,12H,8,10-11H2,1-2H3,(H,20,22). The molecule has 0 atom stereocenters. The fraction of sp³-hybridized carbons (Fsp3) is 0.316. The Labute approximate surface area is 145 Å². The molecule has 1 aromatic carbocycles. The number of carbonyl (C=O) groups is 1. The van der Waals surface area contributed by atoms with Gasteiger partial charge in [0, 0.05) is 30.6 Å². The predicted molar refractivity (Wildman–Crippen MR) is 93.1 cm³/mol. The molecule has 1 amide bonds. The van der Waals surface area contributed by atoms with Gasteiger partial charge < -0.3 is 9.32 Å². The van der Waals surface area contributed by atoms with Crippen LogP contribution in [0.4, 0.5) is 0 Å². The van der Waals surface area contributed by atoms with Crippen LogP contribution in [0.25, 0.3) is 11.3 Å². The van der Waals surface area contributed by atoms with Crippen LogP contribution in [0.3, 0.4) is 0 Å². The van der Waals surface area contributed by atoms with Crippen molar-refractivity contribution in [2.75, 3.05) is 6.54 Å². The first-order valence-corrected chi connectivity index (χ1v) is 8.49. The van der Waals surface area contributed by atoms with E-state index >= 15 is 0 Å². The minimum absolute atomic E-state index is 0.0240. The molecule has 6 nitrogen and oxygen atoms in total. The molecule has 128 valence electrons. The molecule has 0 radical (unpaired) electrons. The number of hydrogen-bond acceptors (Lipinski definition) is 4. The topological polar surface area (TPSA) is 75.0 Å². The fourth-order valence-electron chi connectivity index (χ4n) is 3.03. The van der Waals surface area contributed by atoms with Gasteiger partial charge in [-0.25, -0.2) is 4.98 Å². The van der Waals surface area contributed by atoms with Crippen molar-refractivity contribution in [1.82, 2.24) is 20.1 Å². The summed E-state index contributed by atoms with van der Waals surface area (Å²) in [4.78, 5) is 19.2. The van der Waals surface area contributed by atoms with Crippen LogP contribution in [0, 0.1) is 0 Å². The van der Waals surface area contributed by atoms with E-state index in [1.165, 1.54) is 0 Å². The molecular formula is C19H20N4O2. The van der Waals surface area contributed by atoms with Crippen LogP contribution < -0.4 is 0 Å². The molecule has 0 spiro atoms. The fourth-order valence-corrected chi connectivity index (χ4v) is 3.03. The van der Waals surface area contributed by atoms with Gasteiger partial charge in [0.15, 0.2) is 5.89 Å². The van der Waals surface area contributed by atoms with Gasteiger partial charge in [-0.1, -0.05) is 26.0 Å². The second-order valence-corrected chi connectivity index (χ2v) is 6.60. The third-order valence-corrected chi connectivity index (χ3v) is 4.47. The Morgan fingerprint density at radius 2 is 2.04 bits per heavy atom. The second kappa shape index (κ2) is 6.20. The SMILES string of the molecule is CC(C)c1nc2c(o1)CCN(C(=O)c1ccc(-c3ccn[nH]3)cc1)C2. The van der Waals surface area contributed by atoms with Gasteiger partial charge in [-0.3, -0.25) is 9.89 Å². The molecule has 2 aromatic heterocycles. The summed E-state index contributed by atoms with van der Waals surface area (Å²) in [5, 5.41) is 6.87. The summed E-state index contributed by atoms with van der Waals surface area (Å²) in [6.45, 7) is 5.27. The number of H-pyrrole nitrogens is 1. The van der Waals surface area contributed by atoms with Gasteiger partial charge in [-0.05, 0) is 23.8 Å². The highest BCUT2D eigenvalue weighted by atomic mass is 16.4. The zero-order valence-electron chi connectivity index (χ0n) is 14.3. The molecule has 1 N–H and O–H groups in total. The van der Waals surface area contributed by atoms with Crippen molar-refractivity contribution in [2.24, 2.45) is 0 Å². The van der Waals surface area contributed by atoms with Crippen molar-refractivity contribution < 1.29 is 9.21 Å². The van der Waals surface area contributed by atoms with Crippen LogP contribution >= 0.6 is 0 Å². The molecule has 0 aliphatic carbocycles. The number of nitrogens with one attached hydrogen (secondary N) is 1. The minimum Gasteiger partial charge on any atom is -0.445 e. The third kappa shape index (κ3) is 2.95. The molecule has 3 aromatic rings. The summed E-state index contributed by atoms with van der Waals surface area (Å²) < 4.78 is 5.80. The number of aromatic nitrogens is 3. The lowest BCUT2D eigenvalue weighted by Gasteiger charge is -2.25. The van der Waals surface area contributed by atoms with E-state index in [1.54, 1.807) is 6.20 Å². The maximum absolute atomic E-state index is 12.8. The summed E-state index contributed by atoms with van der Waals surface area (Å²) >= 11 is 0. The molecule has 6 heteroatoms. The van der Waals surface area contributed by atoms with Gasteiger partial charge in [-0.15, -0.1) is 0 Å². The van der Waals surface area contributed by atoms with Crippen LogP contribution in [0.2, 0.25) is 0 Å². The predicted octanol–water partition coefficient (Wildman–Crippen LogP) is 3.39. The number of amides is 1. The molecule has 0 saturated carbocycles. The van der Waals surface area contributed by atoms with E-state index in [4.69, 9.17) is 4.42 Å². The average molecular weight is 336 g/mol. The molecule has 3 heterocycles. The largest absolute Gasteiger partial charge is 0.445 e. The highest BCUT2D eigenvalue weighted by molar-refractivity contribution is 5.94. The van der Waals surface area contributed by atoms with Crippen molar-refractivity contribution in [2.45, 2.75) is 32.7 Å². The van der Waals surface area contributed by atoms with Crippen molar-refractivity contribution in [3.8, 4) is 11.3 Å². The highest BCUT2D eigenvalue weighted by Gasteiger charge is 2.26. The van der Waals surface area contributed by atoms with E-state index in [9.17, 15) is 4.79 Å². The Morgan fingerprint density at radius 1 is 1.24 bits per heavy atom. The maximum Gasteiger partial charge on any atom is 0.254 e. The first-order chi connectivity index (χ1) is 12.1. The highest BCUT2D eigenvalue weighted by Crippen LogP contribution is 2.25. The first kappa shape index (κ1) is 15.6. The van der Waals surface area contributed by atoms with Crippen LogP contribution in [0.1, 0.15) is 47.5 Å². The lowest BCUT2D eigenvalue weighted by Crippen LogP contribution is -2.35. The summed E-state index contributed by atoms with van der Waals surface area (Å²) in [5.74, 6) is 1.95. The molecule has 0 saturated heterocycles. The second-order valence-electron chi connectivity index (χ2n) is 6.60. The number of hydrogen-bond donors (Lipinski definition) is 1. The number of nitrogens with zero attached hydrogens (tertiary/aromatic N) is 3. The lowest BCUT2D eigenvalue weighted by molar-refractivity contribution is 0.0728. The molecule has 0 fully saturated rings. The summed E-state index contributed by atoms with van der Waals surface area (Å²) in [7, 11) is 0. The van der Waals surface area contributed by atoms with Gasteiger partial charge >= 0.3 is 0 Å². The Bertz CT molecular complexity index is 879. The number of aromatic amines is 1. The normalized spacial score (nSPS) is 14.0. The lowest BCUT2D eigenvalue weighted by atomic mass is 10.1. The number of oxazole rings is 1. The average Bonchev–Trinajstić information content (AvgIpc) is 3.30. The zero-order chi connectivity index (χ0) is 17.4. The van der Waals surface area contributed by atoms with E-state index in [1.807, 2.05) is 35.2 Å². The first-order valence-electron chi connectivity index (χ1n) is 8.49. The van der Waals surface area contributed by atoms with Crippen LogP contribution in [-0.4, -0.2) is 32.5 Å². The van der Waals surface area contributed by atoms with Crippen LogP contribution in [0.5, 0.6) is 0 Å². The Hall–Kier alpha value is -2.89. The Balaban J connectivity index is 1.51. The Kier molecular flexibility index (Phi) is 3.87. The van der Waals surface area contributed by atoms with E-state index in [-0.39, 0.29) is 11.8 Å². The summed E-state index contributed by atoms with van der Waals surface area (Å²) in [5.41, 5.74) is 3.51. The van der Waals surface area contributed by atoms with Gasteiger partial charge in [-0.2, -0.15) is 5.10 Å². The molecule has 1 aliphatic rings. The number of rotatable bonds is 3. The van der Waals surface area contributed by atoms with Gasteiger partial charge in [0.05, 0.1) is 12.2 Å². The van der Waals surface area contributed by atoms with Crippen LogP contribution in [-0.2, 0) is 13.0 Å². The summed E-state index contributed by atoms with van der Waals surface area (Å²) in [6.07, 6.45) is 2.43. The van der Waals surface area contributed by atoms with Crippen LogP contribution in [0.15, 0.2) is 40.9 Å². The zero-order valence-corrected chi connectivity index (χ0v) is 14.3. The van der Waals surface area contributed by atoms with Crippen molar-refractivity contribution in [1.29, 1.82) is 0 Å².